The van der Waals surface area contributed by atoms with Crippen molar-refractivity contribution in [2.75, 3.05) is 18.9 Å². The molecule has 1 N–H and O–H groups in total. The van der Waals surface area contributed by atoms with Gasteiger partial charge in [-0.15, -0.1) is 10.2 Å². The van der Waals surface area contributed by atoms with Crippen LogP contribution in [0.3, 0.4) is 0 Å². The number of benzene rings is 2. The monoisotopic (exact) mass is 434 g/mol. The number of nitrogens with one attached hydrogen (secondary N) is 1. The molecule has 1 heterocycles. The third-order valence-corrected chi connectivity index (χ3v) is 4.57. The average Bonchev–Trinajstić information content (AvgIpc) is 2.76. The van der Waals surface area contributed by atoms with E-state index in [4.69, 9.17) is 0 Å². The molecule has 0 aliphatic rings. The van der Waals surface area contributed by atoms with Crippen molar-refractivity contribution in [1.82, 2.24) is 20.5 Å². The molecule has 0 atom stereocenters. The number of hydrogen-bond donors (Lipinski definition) is 1. The fraction of sp³-hybridized carbons (Fsp3) is 0.200. The SMILES string of the molecule is O=C(NCCSc1nnc(-c2ccccc2)c(-c2ccccc2)n1)OCC(F)(F)F. The summed E-state index contributed by atoms with van der Waals surface area (Å²) in [4.78, 5) is 15.9. The smallest absolute Gasteiger partial charge is 0.422 e. The zero-order valence-corrected chi connectivity index (χ0v) is 16.4. The number of rotatable bonds is 7. The largest absolute Gasteiger partial charge is 0.440 e. The minimum Gasteiger partial charge on any atom is -0.440 e. The molecule has 0 saturated heterocycles. The van der Waals surface area contributed by atoms with Crippen LogP contribution in [0.2, 0.25) is 0 Å². The highest BCUT2D eigenvalue weighted by atomic mass is 32.2. The molecule has 0 saturated carbocycles. The first-order chi connectivity index (χ1) is 14.4. The van der Waals surface area contributed by atoms with Gasteiger partial charge in [0.1, 0.15) is 11.4 Å². The van der Waals surface area contributed by atoms with Crippen LogP contribution in [0.1, 0.15) is 0 Å². The molecule has 0 fully saturated rings. The standard InChI is InChI=1S/C20H17F3N4O2S/c21-20(22,23)13-29-19(28)24-11-12-30-18-25-16(14-7-3-1-4-8-14)17(26-27-18)15-9-5-2-6-10-15/h1-10H,11-13H2,(H,24,28). The average molecular weight is 434 g/mol. The molecular formula is C20H17F3N4O2S. The summed E-state index contributed by atoms with van der Waals surface area (Å²) in [6, 6.07) is 19.1. The van der Waals surface area contributed by atoms with Gasteiger partial charge in [0.25, 0.3) is 0 Å². The molecule has 156 valence electrons. The number of alkyl carbamates (subject to hydrolysis) is 1. The van der Waals surface area contributed by atoms with Crippen molar-refractivity contribution >= 4 is 17.9 Å². The molecule has 6 nitrogen and oxygen atoms in total. The highest BCUT2D eigenvalue weighted by Crippen LogP contribution is 2.29. The molecule has 0 radical (unpaired) electrons. The number of thioether (sulfide) groups is 1. The second-order valence-corrected chi connectivity index (χ2v) is 7.05. The molecule has 1 aromatic heterocycles. The third kappa shape index (κ3) is 6.45. The van der Waals surface area contributed by atoms with Gasteiger partial charge in [-0.2, -0.15) is 13.2 Å². The van der Waals surface area contributed by atoms with E-state index in [0.29, 0.717) is 22.3 Å². The van der Waals surface area contributed by atoms with E-state index in [1.807, 2.05) is 60.7 Å². The van der Waals surface area contributed by atoms with Crippen molar-refractivity contribution < 1.29 is 22.7 Å². The quantitative estimate of drug-likeness (QED) is 0.433. The van der Waals surface area contributed by atoms with Crippen molar-refractivity contribution in [2.24, 2.45) is 0 Å². The summed E-state index contributed by atoms with van der Waals surface area (Å²) in [5, 5.41) is 11.1. The van der Waals surface area contributed by atoms with Crippen molar-refractivity contribution in [3.05, 3.63) is 60.7 Å². The summed E-state index contributed by atoms with van der Waals surface area (Å²) >= 11 is 1.22. The number of carbonyl (C=O) groups excluding carboxylic acids is 1. The summed E-state index contributed by atoms with van der Waals surface area (Å²) in [6.45, 7) is -1.54. The minimum absolute atomic E-state index is 0.0891. The number of alkyl halides is 3. The molecule has 10 heteroatoms. The van der Waals surface area contributed by atoms with E-state index in [1.165, 1.54) is 11.8 Å². The number of hydrogen-bond acceptors (Lipinski definition) is 6. The Morgan fingerprint density at radius 2 is 1.53 bits per heavy atom. The van der Waals surface area contributed by atoms with Crippen LogP contribution in [-0.4, -0.2) is 46.4 Å². The number of ether oxygens (including phenoxy) is 1. The molecular weight excluding hydrogens is 417 g/mol. The molecule has 1 amide bonds. The molecule has 3 aromatic rings. The maximum Gasteiger partial charge on any atom is 0.422 e. The maximum atomic E-state index is 12.0. The van der Waals surface area contributed by atoms with E-state index in [-0.39, 0.29) is 6.54 Å². The number of halogens is 3. The van der Waals surface area contributed by atoms with Gasteiger partial charge < -0.3 is 10.1 Å². The van der Waals surface area contributed by atoms with Gasteiger partial charge in [-0.25, -0.2) is 9.78 Å². The van der Waals surface area contributed by atoms with Crippen molar-refractivity contribution in [3.63, 3.8) is 0 Å². The number of aromatic nitrogens is 3. The molecule has 3 rings (SSSR count). The molecule has 0 spiro atoms. The highest BCUT2D eigenvalue weighted by molar-refractivity contribution is 7.99. The summed E-state index contributed by atoms with van der Waals surface area (Å²) in [6.07, 6.45) is -5.68. The van der Waals surface area contributed by atoms with Gasteiger partial charge in [-0.05, 0) is 0 Å². The molecule has 0 aliphatic carbocycles. The lowest BCUT2D eigenvalue weighted by Gasteiger charge is -2.10. The second-order valence-electron chi connectivity index (χ2n) is 5.99. The van der Waals surface area contributed by atoms with Crippen LogP contribution in [0.4, 0.5) is 18.0 Å². The molecule has 0 unspecified atom stereocenters. The normalized spacial score (nSPS) is 11.2. The van der Waals surface area contributed by atoms with Gasteiger partial charge in [-0.1, -0.05) is 72.4 Å². The van der Waals surface area contributed by atoms with Crippen LogP contribution in [-0.2, 0) is 4.74 Å². The van der Waals surface area contributed by atoms with E-state index in [1.54, 1.807) is 0 Å². The predicted octanol–water partition coefficient (Wildman–Crippen LogP) is 4.59. The number of amides is 1. The van der Waals surface area contributed by atoms with E-state index in [0.717, 1.165) is 11.1 Å². The third-order valence-electron chi connectivity index (χ3n) is 3.73. The Balaban J connectivity index is 1.66. The first-order valence-electron chi connectivity index (χ1n) is 8.88. The summed E-state index contributed by atoms with van der Waals surface area (Å²) < 4.78 is 40.2. The Kier molecular flexibility index (Phi) is 7.23. The Hall–Kier alpha value is -3.14. The van der Waals surface area contributed by atoms with Gasteiger partial charge in [0.15, 0.2) is 6.61 Å². The highest BCUT2D eigenvalue weighted by Gasteiger charge is 2.29. The number of nitrogens with zero attached hydrogens (tertiary/aromatic N) is 3. The van der Waals surface area contributed by atoms with Crippen molar-refractivity contribution in [1.29, 1.82) is 0 Å². The van der Waals surface area contributed by atoms with Crippen LogP contribution in [0.5, 0.6) is 0 Å². The lowest BCUT2D eigenvalue weighted by atomic mass is 10.0. The lowest BCUT2D eigenvalue weighted by molar-refractivity contribution is -0.160. The van der Waals surface area contributed by atoms with Gasteiger partial charge in [-0.3, -0.25) is 0 Å². The fourth-order valence-electron chi connectivity index (χ4n) is 2.45. The molecule has 2 aromatic carbocycles. The van der Waals surface area contributed by atoms with Crippen molar-refractivity contribution in [2.45, 2.75) is 11.3 Å². The fourth-order valence-corrected chi connectivity index (χ4v) is 3.09. The van der Waals surface area contributed by atoms with Crippen LogP contribution >= 0.6 is 11.8 Å². The Morgan fingerprint density at radius 3 is 2.13 bits per heavy atom. The van der Waals surface area contributed by atoms with Gasteiger partial charge >= 0.3 is 12.3 Å². The van der Waals surface area contributed by atoms with Crippen LogP contribution in [0, 0.1) is 0 Å². The Morgan fingerprint density at radius 1 is 0.933 bits per heavy atom. The van der Waals surface area contributed by atoms with E-state index in [9.17, 15) is 18.0 Å². The van der Waals surface area contributed by atoms with Gasteiger partial charge in [0, 0.05) is 23.4 Å². The molecule has 30 heavy (non-hydrogen) atoms. The topological polar surface area (TPSA) is 77.0 Å². The van der Waals surface area contributed by atoms with Crippen molar-refractivity contribution in [3.8, 4) is 22.5 Å². The number of carbonyl (C=O) groups is 1. The Labute approximate surface area is 174 Å². The molecule has 0 bridgehead atoms. The van der Waals surface area contributed by atoms with E-state index < -0.39 is 18.9 Å². The van der Waals surface area contributed by atoms with E-state index in [2.05, 4.69) is 25.2 Å². The predicted molar refractivity (Wildman–Crippen MR) is 107 cm³/mol. The second kappa shape index (κ2) is 10.1. The molecule has 0 aliphatic heterocycles. The summed E-state index contributed by atoms with van der Waals surface area (Å²) in [5.41, 5.74) is 3.06. The van der Waals surface area contributed by atoms with Crippen LogP contribution in [0.15, 0.2) is 65.8 Å². The maximum absolute atomic E-state index is 12.0. The van der Waals surface area contributed by atoms with Crippen LogP contribution in [0.25, 0.3) is 22.5 Å². The van der Waals surface area contributed by atoms with Crippen LogP contribution < -0.4 is 5.32 Å². The van der Waals surface area contributed by atoms with Gasteiger partial charge in [0.05, 0.1) is 0 Å². The minimum atomic E-state index is -4.56. The van der Waals surface area contributed by atoms with Gasteiger partial charge in [0.2, 0.25) is 5.16 Å². The zero-order valence-electron chi connectivity index (χ0n) is 15.6. The first kappa shape index (κ1) is 21.6. The summed E-state index contributed by atoms with van der Waals surface area (Å²) in [5.74, 6) is 0.335. The lowest BCUT2D eigenvalue weighted by Crippen LogP contribution is -2.30. The Bertz CT molecular complexity index is 973. The van der Waals surface area contributed by atoms with E-state index >= 15 is 0 Å². The zero-order chi connectivity index (χ0) is 21.4. The summed E-state index contributed by atoms with van der Waals surface area (Å²) in [7, 11) is 0. The first-order valence-corrected chi connectivity index (χ1v) is 9.87.